The summed E-state index contributed by atoms with van der Waals surface area (Å²) in [5.41, 5.74) is 1.38. The van der Waals surface area contributed by atoms with Crippen molar-refractivity contribution in [3.8, 4) is 17.2 Å². The third-order valence-corrected chi connectivity index (χ3v) is 5.10. The number of anilines is 3. The molecule has 1 heterocycles. The number of hydrogen-bond donors (Lipinski definition) is 4. The van der Waals surface area contributed by atoms with E-state index in [1.165, 1.54) is 12.1 Å². The van der Waals surface area contributed by atoms with Gasteiger partial charge in [0.25, 0.3) is 0 Å². The number of nitrogens with zero attached hydrogens (tertiary/aromatic N) is 1. The number of phenolic OH excluding ortho intramolecular Hbond substituents is 2. The number of benzene rings is 2. The van der Waals surface area contributed by atoms with Crippen molar-refractivity contribution in [1.82, 2.24) is 4.98 Å². The van der Waals surface area contributed by atoms with E-state index in [4.69, 9.17) is 4.74 Å². The number of phenols is 2. The van der Waals surface area contributed by atoms with Crippen LogP contribution in [0.4, 0.5) is 17.2 Å². The van der Waals surface area contributed by atoms with Crippen LogP contribution in [0.15, 0.2) is 60.8 Å². The molecule has 0 saturated heterocycles. The summed E-state index contributed by atoms with van der Waals surface area (Å²) in [5.74, 6) is 0.744. The standard InChI is InChI=1S/C22H21N3O4/c1-29-19-5-3-2-4-16(19)25-20-9-7-15(13-23-20)24-21(28)22(10-11-22)14-6-8-17(26)18(27)12-14/h2-9,12-13,26-27H,10-11H2,1H3,(H,23,25)(H,24,28). The van der Waals surface area contributed by atoms with Gasteiger partial charge in [-0.2, -0.15) is 0 Å². The van der Waals surface area contributed by atoms with Crippen LogP contribution in [0.2, 0.25) is 0 Å². The Morgan fingerprint density at radius 1 is 1.07 bits per heavy atom. The monoisotopic (exact) mass is 391 g/mol. The molecule has 0 spiro atoms. The van der Waals surface area contributed by atoms with Gasteiger partial charge in [0.1, 0.15) is 11.6 Å². The number of hydrogen-bond acceptors (Lipinski definition) is 6. The maximum absolute atomic E-state index is 12.8. The van der Waals surface area contributed by atoms with Gasteiger partial charge in [-0.05, 0) is 54.8 Å². The normalized spacial score (nSPS) is 14.1. The van der Waals surface area contributed by atoms with Crippen LogP contribution in [0.5, 0.6) is 17.2 Å². The highest BCUT2D eigenvalue weighted by Crippen LogP contribution is 2.50. The number of amides is 1. The molecule has 1 fully saturated rings. The Labute approximate surface area is 168 Å². The first-order chi connectivity index (χ1) is 14.0. The van der Waals surface area contributed by atoms with Crippen molar-refractivity contribution in [2.75, 3.05) is 17.7 Å². The van der Waals surface area contributed by atoms with E-state index in [0.29, 0.717) is 35.7 Å². The van der Waals surface area contributed by atoms with Gasteiger partial charge in [-0.1, -0.05) is 18.2 Å². The van der Waals surface area contributed by atoms with Crippen LogP contribution in [0.3, 0.4) is 0 Å². The fourth-order valence-electron chi connectivity index (χ4n) is 3.27. The first kappa shape index (κ1) is 18.6. The van der Waals surface area contributed by atoms with Gasteiger partial charge >= 0.3 is 0 Å². The first-order valence-electron chi connectivity index (χ1n) is 9.22. The zero-order valence-electron chi connectivity index (χ0n) is 15.8. The molecule has 4 rings (SSSR count). The molecular formula is C22H21N3O4. The van der Waals surface area contributed by atoms with Gasteiger partial charge in [-0.3, -0.25) is 4.79 Å². The van der Waals surface area contributed by atoms with Crippen LogP contribution in [0.25, 0.3) is 0 Å². The molecule has 0 atom stereocenters. The van der Waals surface area contributed by atoms with Gasteiger partial charge in [0, 0.05) is 0 Å². The van der Waals surface area contributed by atoms with E-state index in [1.54, 1.807) is 31.5 Å². The number of rotatable bonds is 6. The van der Waals surface area contributed by atoms with Crippen molar-refractivity contribution in [2.24, 2.45) is 0 Å². The van der Waals surface area contributed by atoms with Crippen molar-refractivity contribution >= 4 is 23.1 Å². The lowest BCUT2D eigenvalue weighted by molar-refractivity contribution is -0.118. The van der Waals surface area contributed by atoms with E-state index in [0.717, 1.165) is 5.69 Å². The highest BCUT2D eigenvalue weighted by atomic mass is 16.5. The van der Waals surface area contributed by atoms with E-state index < -0.39 is 5.41 Å². The zero-order valence-corrected chi connectivity index (χ0v) is 15.8. The summed E-state index contributed by atoms with van der Waals surface area (Å²) >= 11 is 0. The predicted molar refractivity (Wildman–Crippen MR) is 110 cm³/mol. The van der Waals surface area contributed by atoms with Crippen molar-refractivity contribution in [3.63, 3.8) is 0 Å². The van der Waals surface area contributed by atoms with Crippen molar-refractivity contribution in [1.29, 1.82) is 0 Å². The quantitative estimate of drug-likeness (QED) is 0.475. The Morgan fingerprint density at radius 2 is 1.86 bits per heavy atom. The average Bonchev–Trinajstić information content (AvgIpc) is 3.54. The second-order valence-corrected chi connectivity index (χ2v) is 7.00. The second kappa shape index (κ2) is 7.35. The number of aromatic nitrogens is 1. The molecule has 7 heteroatoms. The molecule has 3 aromatic rings. The lowest BCUT2D eigenvalue weighted by Gasteiger charge is -2.16. The zero-order chi connectivity index (χ0) is 20.4. The van der Waals surface area contributed by atoms with Gasteiger partial charge in [0.15, 0.2) is 11.5 Å². The molecule has 0 radical (unpaired) electrons. The minimum absolute atomic E-state index is 0.158. The highest BCUT2D eigenvalue weighted by Gasteiger charge is 2.51. The molecule has 148 valence electrons. The first-order valence-corrected chi connectivity index (χ1v) is 9.22. The van der Waals surface area contributed by atoms with Crippen LogP contribution in [-0.4, -0.2) is 28.2 Å². The van der Waals surface area contributed by atoms with E-state index in [-0.39, 0.29) is 17.4 Å². The molecule has 2 aromatic carbocycles. The molecule has 0 unspecified atom stereocenters. The summed E-state index contributed by atoms with van der Waals surface area (Å²) in [6.07, 6.45) is 2.95. The Bertz CT molecular complexity index is 1050. The van der Waals surface area contributed by atoms with Crippen LogP contribution >= 0.6 is 0 Å². The second-order valence-electron chi connectivity index (χ2n) is 7.00. The molecular weight excluding hydrogens is 370 g/mol. The summed E-state index contributed by atoms with van der Waals surface area (Å²) in [7, 11) is 1.61. The molecule has 0 bridgehead atoms. The lowest BCUT2D eigenvalue weighted by atomic mass is 9.94. The fraction of sp³-hybridized carbons (Fsp3) is 0.182. The summed E-state index contributed by atoms with van der Waals surface area (Å²) in [6, 6.07) is 15.6. The third-order valence-electron chi connectivity index (χ3n) is 5.10. The predicted octanol–water partition coefficient (Wildman–Crippen LogP) is 3.92. The number of pyridine rings is 1. The Balaban J connectivity index is 1.46. The molecule has 1 aromatic heterocycles. The highest BCUT2D eigenvalue weighted by molar-refractivity contribution is 6.01. The molecule has 0 aliphatic heterocycles. The maximum atomic E-state index is 12.8. The molecule has 4 N–H and O–H groups in total. The average molecular weight is 391 g/mol. The Hall–Kier alpha value is -3.74. The van der Waals surface area contributed by atoms with E-state index in [2.05, 4.69) is 15.6 Å². The van der Waals surface area contributed by atoms with E-state index in [1.807, 2.05) is 24.3 Å². The number of methoxy groups -OCH3 is 1. The SMILES string of the molecule is COc1ccccc1Nc1ccc(NC(=O)C2(c3ccc(O)c(O)c3)CC2)cn1. The topological polar surface area (TPSA) is 104 Å². The number of aromatic hydroxyl groups is 2. The lowest BCUT2D eigenvalue weighted by Crippen LogP contribution is -2.27. The summed E-state index contributed by atoms with van der Waals surface area (Å²) in [6.45, 7) is 0. The smallest absolute Gasteiger partial charge is 0.235 e. The molecule has 1 aliphatic rings. The van der Waals surface area contributed by atoms with E-state index >= 15 is 0 Å². The summed E-state index contributed by atoms with van der Waals surface area (Å²) in [4.78, 5) is 17.2. The van der Waals surface area contributed by atoms with Crippen LogP contribution in [-0.2, 0) is 10.2 Å². The maximum Gasteiger partial charge on any atom is 0.235 e. The fourth-order valence-corrected chi connectivity index (χ4v) is 3.27. The van der Waals surface area contributed by atoms with Crippen molar-refractivity contribution < 1.29 is 19.7 Å². The minimum Gasteiger partial charge on any atom is -0.504 e. The van der Waals surface area contributed by atoms with Gasteiger partial charge in [0.05, 0.1) is 30.1 Å². The number of carbonyl (C=O) groups excluding carboxylic acids is 1. The number of carbonyl (C=O) groups is 1. The number of ether oxygens (including phenoxy) is 1. The molecule has 1 amide bonds. The van der Waals surface area contributed by atoms with Gasteiger partial charge < -0.3 is 25.6 Å². The van der Waals surface area contributed by atoms with Gasteiger partial charge in [-0.25, -0.2) is 4.98 Å². The molecule has 29 heavy (non-hydrogen) atoms. The number of nitrogens with one attached hydrogen (secondary N) is 2. The minimum atomic E-state index is -0.681. The molecule has 1 saturated carbocycles. The Morgan fingerprint density at radius 3 is 2.52 bits per heavy atom. The summed E-state index contributed by atoms with van der Waals surface area (Å²) in [5, 5.41) is 25.3. The number of para-hydroxylation sites is 2. The van der Waals surface area contributed by atoms with Gasteiger partial charge in [-0.15, -0.1) is 0 Å². The third kappa shape index (κ3) is 3.67. The van der Waals surface area contributed by atoms with Crippen LogP contribution in [0, 0.1) is 0 Å². The van der Waals surface area contributed by atoms with E-state index in [9.17, 15) is 15.0 Å². The largest absolute Gasteiger partial charge is 0.504 e. The molecule has 1 aliphatic carbocycles. The Kier molecular flexibility index (Phi) is 4.72. The van der Waals surface area contributed by atoms with Crippen molar-refractivity contribution in [3.05, 3.63) is 66.4 Å². The van der Waals surface area contributed by atoms with Crippen molar-refractivity contribution in [2.45, 2.75) is 18.3 Å². The summed E-state index contributed by atoms with van der Waals surface area (Å²) < 4.78 is 5.32. The van der Waals surface area contributed by atoms with Crippen LogP contribution in [0.1, 0.15) is 18.4 Å². The van der Waals surface area contributed by atoms with Gasteiger partial charge in [0.2, 0.25) is 5.91 Å². The molecule has 7 nitrogen and oxygen atoms in total. The van der Waals surface area contributed by atoms with Crippen LogP contribution < -0.4 is 15.4 Å².